The molecule has 250 valence electrons. The fourth-order valence-corrected chi connectivity index (χ4v) is 6.71. The third kappa shape index (κ3) is 7.52. The number of methoxy groups -OCH3 is 1. The Morgan fingerprint density at radius 1 is 0.898 bits per heavy atom. The van der Waals surface area contributed by atoms with E-state index in [0.29, 0.717) is 57.0 Å². The number of benzene rings is 4. The number of carbonyl (C=O) groups excluding carboxylic acids is 1. The van der Waals surface area contributed by atoms with Gasteiger partial charge in [0.25, 0.3) is 5.56 Å². The molecule has 0 saturated carbocycles. The first kappa shape index (κ1) is 33.5. The monoisotopic (exact) mass is 674 g/mol. The fourth-order valence-electron chi connectivity index (χ4n) is 5.67. The Bertz CT molecular complexity index is 2140. The summed E-state index contributed by atoms with van der Waals surface area (Å²) in [6.45, 7) is 6.87. The smallest absolute Gasteiger partial charge is 0.343 e. The molecule has 1 aliphatic rings. The average molecular weight is 675 g/mol. The molecule has 2 heterocycles. The summed E-state index contributed by atoms with van der Waals surface area (Å²) in [5, 5.41) is 0. The molecule has 9 heteroatoms. The Labute approximate surface area is 289 Å². The molecular formula is C40H38N2O6S. The number of allylic oxidation sites excluding steroid dienone is 1. The Morgan fingerprint density at radius 3 is 2.29 bits per heavy atom. The van der Waals surface area contributed by atoms with Gasteiger partial charge >= 0.3 is 5.97 Å². The number of esters is 1. The van der Waals surface area contributed by atoms with Crippen molar-refractivity contribution in [1.29, 1.82) is 0 Å². The highest BCUT2D eigenvalue weighted by molar-refractivity contribution is 7.07. The highest BCUT2D eigenvalue weighted by Gasteiger charge is 2.33. The molecule has 8 nitrogen and oxygen atoms in total. The number of rotatable bonds is 12. The first-order chi connectivity index (χ1) is 23.9. The van der Waals surface area contributed by atoms with E-state index in [1.807, 2.05) is 66.7 Å². The van der Waals surface area contributed by atoms with Crippen molar-refractivity contribution in [1.82, 2.24) is 4.57 Å². The highest BCUT2D eigenvalue weighted by Crippen LogP contribution is 2.32. The number of nitrogens with zero attached hydrogens (tertiary/aromatic N) is 2. The first-order valence-corrected chi connectivity index (χ1v) is 17.1. The van der Waals surface area contributed by atoms with Crippen LogP contribution in [0.15, 0.2) is 124 Å². The Balaban J connectivity index is 1.23. The highest BCUT2D eigenvalue weighted by atomic mass is 32.1. The molecule has 0 unspecified atom stereocenters. The standard InChI is InChI=1S/C40H38N2O6S/c1-5-26(2)29-17-19-31(20-18-29)46-22-23-47-33-21-16-28(24-34(33)45-4)25-35-38(43)42-37(30-12-8-6-9-13-30)36(27(3)41-40(42)49-35)39(44)48-32-14-10-7-11-15-32/h6-21,24-26,37H,5,22-23H2,1-4H3/b35-25-/t26-,37-/m0/s1. The van der Waals surface area contributed by atoms with Gasteiger partial charge in [-0.2, -0.15) is 0 Å². The maximum Gasteiger partial charge on any atom is 0.343 e. The lowest BCUT2D eigenvalue weighted by Crippen LogP contribution is -2.40. The van der Waals surface area contributed by atoms with Crippen LogP contribution in [0.2, 0.25) is 0 Å². The molecular weight excluding hydrogens is 637 g/mol. The van der Waals surface area contributed by atoms with Crippen molar-refractivity contribution in [3.8, 4) is 23.0 Å². The molecule has 0 saturated heterocycles. The van der Waals surface area contributed by atoms with Crippen molar-refractivity contribution in [3.05, 3.63) is 151 Å². The van der Waals surface area contributed by atoms with E-state index in [-0.39, 0.29) is 5.56 Å². The molecule has 49 heavy (non-hydrogen) atoms. The summed E-state index contributed by atoms with van der Waals surface area (Å²) < 4.78 is 25.3. The molecule has 1 aromatic heterocycles. The topological polar surface area (TPSA) is 88.4 Å². The van der Waals surface area contributed by atoms with Crippen molar-refractivity contribution in [2.75, 3.05) is 20.3 Å². The quantitative estimate of drug-likeness (QED) is 0.0820. The molecule has 0 amide bonds. The van der Waals surface area contributed by atoms with E-state index in [9.17, 15) is 9.59 Å². The molecule has 0 aliphatic carbocycles. The second-order valence-corrected chi connectivity index (χ2v) is 12.7. The Kier molecular flexibility index (Phi) is 10.4. The number of hydrogen-bond donors (Lipinski definition) is 0. The molecule has 5 aromatic rings. The van der Waals surface area contributed by atoms with Gasteiger partial charge in [-0.05, 0) is 78.4 Å². The zero-order chi connectivity index (χ0) is 34.3. The van der Waals surface area contributed by atoms with Crippen molar-refractivity contribution in [3.63, 3.8) is 0 Å². The number of aromatic nitrogens is 1. The van der Waals surface area contributed by atoms with Gasteiger partial charge in [0.2, 0.25) is 0 Å². The van der Waals surface area contributed by atoms with Crippen LogP contribution in [0.3, 0.4) is 0 Å². The van der Waals surface area contributed by atoms with E-state index in [1.165, 1.54) is 16.9 Å². The minimum absolute atomic E-state index is 0.260. The minimum atomic E-state index is -0.707. The van der Waals surface area contributed by atoms with Crippen LogP contribution in [-0.4, -0.2) is 30.9 Å². The van der Waals surface area contributed by atoms with Crippen molar-refractivity contribution >= 4 is 23.4 Å². The van der Waals surface area contributed by atoms with Gasteiger partial charge in [-0.3, -0.25) is 9.36 Å². The van der Waals surface area contributed by atoms with Crippen molar-refractivity contribution in [2.45, 2.75) is 39.2 Å². The van der Waals surface area contributed by atoms with Gasteiger partial charge in [-0.15, -0.1) is 0 Å². The predicted octanol–water partition coefficient (Wildman–Crippen LogP) is 6.82. The molecule has 1 aliphatic heterocycles. The maximum absolute atomic E-state index is 14.1. The number of hydrogen-bond acceptors (Lipinski definition) is 8. The average Bonchev–Trinajstić information content (AvgIpc) is 3.43. The zero-order valence-corrected chi connectivity index (χ0v) is 28.7. The lowest BCUT2D eigenvalue weighted by Gasteiger charge is -2.24. The number of para-hydroxylation sites is 1. The lowest BCUT2D eigenvalue weighted by atomic mass is 9.96. The van der Waals surface area contributed by atoms with Gasteiger partial charge in [0.15, 0.2) is 16.3 Å². The van der Waals surface area contributed by atoms with Crippen LogP contribution in [0.5, 0.6) is 23.0 Å². The van der Waals surface area contributed by atoms with Gasteiger partial charge in [0.05, 0.1) is 29.0 Å². The number of ether oxygens (including phenoxy) is 4. The molecule has 0 N–H and O–H groups in total. The molecule has 0 radical (unpaired) electrons. The Morgan fingerprint density at radius 2 is 1.59 bits per heavy atom. The summed E-state index contributed by atoms with van der Waals surface area (Å²) >= 11 is 1.27. The second kappa shape index (κ2) is 15.2. The van der Waals surface area contributed by atoms with Crippen molar-refractivity contribution < 1.29 is 23.7 Å². The Hall–Kier alpha value is -5.41. The molecule has 0 fully saturated rings. The number of carbonyl (C=O) groups is 1. The molecule has 0 spiro atoms. The molecule has 4 aromatic carbocycles. The van der Waals surface area contributed by atoms with Gasteiger partial charge in [0.1, 0.15) is 24.7 Å². The van der Waals surface area contributed by atoms with Crippen molar-refractivity contribution in [2.24, 2.45) is 4.99 Å². The van der Waals surface area contributed by atoms with E-state index in [2.05, 4.69) is 26.0 Å². The third-order valence-electron chi connectivity index (χ3n) is 8.47. The molecule has 2 atom stereocenters. The summed E-state index contributed by atoms with van der Waals surface area (Å²) in [5.74, 6) is 2.27. The van der Waals surface area contributed by atoms with Gasteiger partial charge in [-0.1, -0.05) is 91.9 Å². The minimum Gasteiger partial charge on any atom is -0.493 e. The van der Waals surface area contributed by atoms with E-state index in [1.54, 1.807) is 48.9 Å². The van der Waals surface area contributed by atoms with Gasteiger partial charge in [0, 0.05) is 0 Å². The summed E-state index contributed by atoms with van der Waals surface area (Å²) in [4.78, 5) is 32.9. The van der Waals surface area contributed by atoms with E-state index >= 15 is 0 Å². The van der Waals surface area contributed by atoms with Crippen LogP contribution < -0.4 is 33.8 Å². The summed E-state index contributed by atoms with van der Waals surface area (Å²) in [6.07, 6.45) is 2.89. The van der Waals surface area contributed by atoms with Crippen LogP contribution in [0.25, 0.3) is 6.08 Å². The largest absolute Gasteiger partial charge is 0.493 e. The van der Waals surface area contributed by atoms with Gasteiger partial charge in [-0.25, -0.2) is 9.79 Å². The normalized spacial score (nSPS) is 14.9. The SMILES string of the molecule is CC[C@H](C)c1ccc(OCCOc2ccc(/C=c3\sc4n(c3=O)[C@@H](c3ccccc3)C(C(=O)Oc3ccccc3)=C(C)N=4)cc2OC)cc1. The second-order valence-electron chi connectivity index (χ2n) is 11.7. The maximum atomic E-state index is 14.1. The fraction of sp³-hybridized carbons (Fsp3) is 0.225. The van der Waals surface area contributed by atoms with Crippen LogP contribution >= 0.6 is 11.3 Å². The molecule has 6 rings (SSSR count). The van der Waals surface area contributed by atoms with E-state index in [0.717, 1.165) is 23.3 Å². The predicted molar refractivity (Wildman–Crippen MR) is 191 cm³/mol. The first-order valence-electron chi connectivity index (χ1n) is 16.2. The number of thiazole rings is 1. The molecule has 0 bridgehead atoms. The van der Waals surface area contributed by atoms with Gasteiger partial charge < -0.3 is 18.9 Å². The summed E-state index contributed by atoms with van der Waals surface area (Å²) in [7, 11) is 1.58. The van der Waals surface area contributed by atoms with Crippen LogP contribution in [0.1, 0.15) is 55.8 Å². The zero-order valence-electron chi connectivity index (χ0n) is 27.9. The number of fused-ring (bicyclic) bond motifs is 1. The van der Waals surface area contributed by atoms with Crippen LogP contribution in [0, 0.1) is 0 Å². The summed E-state index contributed by atoms with van der Waals surface area (Å²) in [5.41, 5.74) is 3.37. The van der Waals surface area contributed by atoms with Crippen LogP contribution in [-0.2, 0) is 4.79 Å². The summed E-state index contributed by atoms with van der Waals surface area (Å²) in [6, 6.07) is 31.3. The van der Waals surface area contributed by atoms with E-state index < -0.39 is 12.0 Å². The van der Waals surface area contributed by atoms with Crippen LogP contribution in [0.4, 0.5) is 0 Å². The van der Waals surface area contributed by atoms with E-state index in [4.69, 9.17) is 23.9 Å². The third-order valence-corrected chi connectivity index (χ3v) is 9.45. The lowest BCUT2D eigenvalue weighted by molar-refractivity contribution is -0.130.